The summed E-state index contributed by atoms with van der Waals surface area (Å²) in [5.74, 6) is 0. The summed E-state index contributed by atoms with van der Waals surface area (Å²) in [6, 6.07) is 13.1. The number of amides is 2. The molecule has 1 spiro atoms. The molecule has 2 aromatic carbocycles. The van der Waals surface area contributed by atoms with Crippen molar-refractivity contribution in [3.8, 4) is 0 Å². The minimum atomic E-state index is -4.30. The molecule has 2 heterocycles. The maximum absolute atomic E-state index is 13.4. The van der Waals surface area contributed by atoms with E-state index in [1.807, 2.05) is 12.1 Å². The number of anilines is 1. The Morgan fingerprint density at radius 1 is 1.11 bits per heavy atom. The van der Waals surface area contributed by atoms with Crippen LogP contribution in [0.2, 0.25) is 5.02 Å². The highest BCUT2D eigenvalue weighted by atomic mass is 35.5. The second kappa shape index (κ2) is 6.82. The first-order chi connectivity index (χ1) is 13.3. The molecule has 1 saturated heterocycles. The molecule has 0 radical (unpaired) electrons. The number of quaternary nitrogens is 1. The number of nitrogens with one attached hydrogen (secondary N) is 2. The lowest BCUT2D eigenvalue weighted by Gasteiger charge is -2.34. The predicted molar refractivity (Wildman–Crippen MR) is 110 cm³/mol. The number of nitrogens with zero attached hydrogens (tertiary/aromatic N) is 1. The lowest BCUT2D eigenvalue weighted by molar-refractivity contribution is 0.225. The third kappa shape index (κ3) is 2.92. The average molecular weight is 422 g/mol. The maximum atomic E-state index is 13.4. The molecule has 0 bridgehead atoms. The molecule has 1 fully saturated rings. The first-order valence-corrected chi connectivity index (χ1v) is 11.0. The van der Waals surface area contributed by atoms with E-state index < -0.39 is 25.5 Å². The van der Waals surface area contributed by atoms with Gasteiger partial charge in [0.15, 0.2) is 5.69 Å². The fraction of sp³-hybridized carbons (Fsp3) is 0.316. The van der Waals surface area contributed by atoms with Gasteiger partial charge >= 0.3 is 16.2 Å². The van der Waals surface area contributed by atoms with Crippen molar-refractivity contribution >= 4 is 39.2 Å². The number of halogens is 1. The SMILES string of the molecule is NS(=O)(=O)[N+]1(C(=O)Nc2ccc(Cl)cc2)CC2(CCNCC2)c2ccccc21. The van der Waals surface area contributed by atoms with Gasteiger partial charge in [0.25, 0.3) is 0 Å². The highest BCUT2D eigenvalue weighted by Crippen LogP contribution is 2.51. The Hall–Kier alpha value is -1.97. The van der Waals surface area contributed by atoms with Gasteiger partial charge in [-0.05, 0) is 50.2 Å². The molecule has 0 aliphatic carbocycles. The minimum absolute atomic E-state index is 0.0896. The van der Waals surface area contributed by atoms with Gasteiger partial charge in [-0.3, -0.25) is 5.32 Å². The predicted octanol–water partition coefficient (Wildman–Crippen LogP) is 2.72. The van der Waals surface area contributed by atoms with Crippen LogP contribution in [0.15, 0.2) is 48.5 Å². The first-order valence-electron chi connectivity index (χ1n) is 9.07. The zero-order valence-corrected chi connectivity index (χ0v) is 16.8. The van der Waals surface area contributed by atoms with Crippen LogP contribution in [0.25, 0.3) is 0 Å². The van der Waals surface area contributed by atoms with Crippen LogP contribution in [0.1, 0.15) is 18.4 Å². The van der Waals surface area contributed by atoms with E-state index in [4.69, 9.17) is 16.7 Å². The summed E-state index contributed by atoms with van der Waals surface area (Å²) >= 11 is 5.90. The molecule has 28 heavy (non-hydrogen) atoms. The summed E-state index contributed by atoms with van der Waals surface area (Å²) in [6.07, 6.45) is 1.49. The zero-order chi connectivity index (χ0) is 20.0. The van der Waals surface area contributed by atoms with E-state index in [2.05, 4.69) is 10.6 Å². The van der Waals surface area contributed by atoms with Crippen molar-refractivity contribution in [2.75, 3.05) is 25.0 Å². The van der Waals surface area contributed by atoms with Crippen molar-refractivity contribution in [1.29, 1.82) is 0 Å². The minimum Gasteiger partial charge on any atom is -0.317 e. The van der Waals surface area contributed by atoms with Crippen LogP contribution >= 0.6 is 11.6 Å². The number of urea groups is 1. The van der Waals surface area contributed by atoms with Crippen molar-refractivity contribution in [1.82, 2.24) is 9.21 Å². The first kappa shape index (κ1) is 19.4. The third-order valence-electron chi connectivity index (χ3n) is 5.81. The summed E-state index contributed by atoms with van der Waals surface area (Å²) < 4.78 is 24.8. The van der Waals surface area contributed by atoms with Gasteiger partial charge in [-0.2, -0.15) is 13.6 Å². The molecule has 2 aliphatic rings. The van der Waals surface area contributed by atoms with Crippen LogP contribution in [-0.4, -0.2) is 34.1 Å². The number of rotatable bonds is 2. The molecule has 2 amide bonds. The van der Waals surface area contributed by atoms with E-state index >= 15 is 0 Å². The largest absolute Gasteiger partial charge is 0.442 e. The second-order valence-corrected chi connectivity index (χ2v) is 9.49. The Bertz CT molecular complexity index is 1020. The summed E-state index contributed by atoms with van der Waals surface area (Å²) in [7, 11) is -4.30. The Kier molecular flexibility index (Phi) is 4.71. The van der Waals surface area contributed by atoms with Gasteiger partial charge in [0.1, 0.15) is 6.54 Å². The highest BCUT2D eigenvalue weighted by molar-refractivity contribution is 7.89. The smallest absolute Gasteiger partial charge is 0.317 e. The molecule has 1 atom stereocenters. The normalized spacial score (nSPS) is 23.4. The zero-order valence-electron chi connectivity index (χ0n) is 15.2. The molecule has 7 nitrogen and oxygen atoms in total. The molecule has 9 heteroatoms. The van der Waals surface area contributed by atoms with Gasteiger partial charge in [0.2, 0.25) is 0 Å². The summed E-state index contributed by atoms with van der Waals surface area (Å²) in [5.41, 5.74) is 1.36. The van der Waals surface area contributed by atoms with Gasteiger partial charge in [-0.25, -0.2) is 4.79 Å². The second-order valence-electron chi connectivity index (χ2n) is 7.40. The Balaban J connectivity index is 1.84. The van der Waals surface area contributed by atoms with Gasteiger partial charge in [0, 0.05) is 22.3 Å². The van der Waals surface area contributed by atoms with E-state index in [0.717, 1.165) is 31.5 Å². The fourth-order valence-electron chi connectivity index (χ4n) is 4.44. The quantitative estimate of drug-likeness (QED) is 0.649. The lowest BCUT2D eigenvalue weighted by Crippen LogP contribution is -2.64. The van der Waals surface area contributed by atoms with Crippen LogP contribution < -0.4 is 19.7 Å². The van der Waals surface area contributed by atoms with Crippen LogP contribution in [-0.2, 0) is 15.6 Å². The van der Waals surface area contributed by atoms with Crippen molar-refractivity contribution in [3.63, 3.8) is 0 Å². The van der Waals surface area contributed by atoms with E-state index in [9.17, 15) is 13.2 Å². The molecule has 2 aromatic rings. The van der Waals surface area contributed by atoms with E-state index in [1.165, 1.54) is 0 Å². The van der Waals surface area contributed by atoms with E-state index in [1.54, 1.807) is 36.4 Å². The number of hydrogen-bond acceptors (Lipinski definition) is 4. The fourth-order valence-corrected chi connectivity index (χ4v) is 5.70. The number of fused-ring (bicyclic) bond motifs is 2. The van der Waals surface area contributed by atoms with Gasteiger partial charge in [-0.15, -0.1) is 0 Å². The number of nitrogens with two attached hydrogens (primary N) is 1. The monoisotopic (exact) mass is 421 g/mol. The topological polar surface area (TPSA) is 101 Å². The van der Waals surface area contributed by atoms with Crippen molar-refractivity contribution < 1.29 is 13.2 Å². The number of benzene rings is 2. The van der Waals surface area contributed by atoms with Crippen molar-refractivity contribution in [3.05, 3.63) is 59.1 Å². The van der Waals surface area contributed by atoms with Crippen molar-refractivity contribution in [2.24, 2.45) is 5.14 Å². The number of piperidine rings is 1. The average Bonchev–Trinajstić information content (AvgIpc) is 2.96. The summed E-state index contributed by atoms with van der Waals surface area (Å²) in [5, 5.41) is 12.3. The molecule has 148 valence electrons. The maximum Gasteiger partial charge on any atom is 0.442 e. The molecule has 4 rings (SSSR count). The molecule has 0 aromatic heterocycles. The number of hydrogen-bond donors (Lipinski definition) is 3. The molecular formula is C19H22ClN4O3S+. The van der Waals surface area contributed by atoms with E-state index in [0.29, 0.717) is 16.4 Å². The van der Waals surface area contributed by atoms with Gasteiger partial charge < -0.3 is 5.32 Å². The number of para-hydroxylation sites is 1. The highest BCUT2D eigenvalue weighted by Gasteiger charge is 2.63. The molecule has 1 unspecified atom stereocenters. The Labute approximate surface area is 169 Å². The Morgan fingerprint density at radius 2 is 1.75 bits per heavy atom. The number of carbonyl (C=O) groups is 1. The summed E-state index contributed by atoms with van der Waals surface area (Å²) in [4.78, 5) is 13.4. The van der Waals surface area contributed by atoms with Crippen LogP contribution in [0.3, 0.4) is 0 Å². The molecular weight excluding hydrogens is 400 g/mol. The third-order valence-corrected chi connectivity index (χ3v) is 7.42. The molecule has 4 N–H and O–H groups in total. The Morgan fingerprint density at radius 3 is 2.39 bits per heavy atom. The van der Waals surface area contributed by atoms with Crippen molar-refractivity contribution in [2.45, 2.75) is 18.3 Å². The van der Waals surface area contributed by atoms with Crippen LogP contribution in [0.4, 0.5) is 16.2 Å². The number of carbonyl (C=O) groups excluding carboxylic acids is 1. The molecule has 0 saturated carbocycles. The van der Waals surface area contributed by atoms with E-state index in [-0.39, 0.29) is 6.54 Å². The van der Waals surface area contributed by atoms with Crippen LogP contribution in [0, 0.1) is 0 Å². The molecule has 2 aliphatic heterocycles. The summed E-state index contributed by atoms with van der Waals surface area (Å²) in [6.45, 7) is 1.61. The van der Waals surface area contributed by atoms with Crippen LogP contribution in [0.5, 0.6) is 0 Å². The standard InChI is InChI=1S/C19H21ClN4O3S/c20-14-5-7-15(8-6-14)23-18(25)24(28(21,26)27)13-19(9-11-22-12-10-19)16-3-1-2-4-17(16)24/h1-8,22H,9-13H2,(H2-,21,23,25,26,27)/p+1. The lowest BCUT2D eigenvalue weighted by atomic mass is 9.75. The van der Waals surface area contributed by atoms with Gasteiger partial charge in [0.05, 0.1) is 5.41 Å². The van der Waals surface area contributed by atoms with Gasteiger partial charge in [-0.1, -0.05) is 33.7 Å².